The summed E-state index contributed by atoms with van der Waals surface area (Å²) in [7, 11) is 0. The highest BCUT2D eigenvalue weighted by Gasteiger charge is 1.99. The van der Waals surface area contributed by atoms with Crippen LogP contribution in [0.25, 0.3) is 5.00 Å². The second-order valence-corrected chi connectivity index (χ2v) is 3.83. The molecule has 0 unspecified atom stereocenters. The van der Waals surface area contributed by atoms with E-state index in [9.17, 15) is 9.59 Å². The second kappa shape index (κ2) is 3.59. The third kappa shape index (κ3) is 1.65. The fourth-order valence-electron chi connectivity index (χ4n) is 1.10. The number of hydrogen-bond acceptors (Lipinski definition) is 3. The molecule has 0 fully saturated rings. The normalized spacial score (nSPS) is 10.0. The van der Waals surface area contributed by atoms with Crippen molar-refractivity contribution in [2.24, 2.45) is 0 Å². The summed E-state index contributed by atoms with van der Waals surface area (Å²) < 4.78 is 1.80. The Hall–Kier alpha value is -1.68. The van der Waals surface area contributed by atoms with Crippen LogP contribution in [0.5, 0.6) is 0 Å². The number of thiophene rings is 1. The van der Waals surface area contributed by atoms with Gasteiger partial charge in [-0.1, -0.05) is 0 Å². The first-order chi connectivity index (χ1) is 6.79. The zero-order valence-electron chi connectivity index (χ0n) is 7.21. The van der Waals surface area contributed by atoms with E-state index in [-0.39, 0.29) is 5.43 Å². The van der Waals surface area contributed by atoms with Gasteiger partial charge in [-0.05, 0) is 12.1 Å². The maximum atomic E-state index is 10.8. The highest BCUT2D eigenvalue weighted by Crippen LogP contribution is 2.18. The smallest absolute Gasteiger partial charge is 0.181 e. The van der Waals surface area contributed by atoms with E-state index in [4.69, 9.17) is 0 Å². The molecule has 0 radical (unpaired) electrons. The number of nitrogens with zero attached hydrogens (tertiary/aromatic N) is 1. The lowest BCUT2D eigenvalue weighted by Crippen LogP contribution is -1.99. The first kappa shape index (κ1) is 8.90. The lowest BCUT2D eigenvalue weighted by Gasteiger charge is -1.99. The fraction of sp³-hybridized carbons (Fsp3) is 0. The molecule has 0 saturated heterocycles. The lowest BCUT2D eigenvalue weighted by molar-refractivity contribution is 0.112. The summed E-state index contributed by atoms with van der Waals surface area (Å²) in [6, 6.07) is 6.57. The third-order valence-electron chi connectivity index (χ3n) is 1.78. The van der Waals surface area contributed by atoms with Crippen molar-refractivity contribution < 1.29 is 4.79 Å². The molecule has 14 heavy (non-hydrogen) atoms. The van der Waals surface area contributed by atoms with Crippen molar-refractivity contribution in [3.63, 3.8) is 0 Å². The summed E-state index contributed by atoms with van der Waals surface area (Å²) in [4.78, 5) is 22.0. The van der Waals surface area contributed by atoms with Crippen LogP contribution in [0.15, 0.2) is 41.5 Å². The van der Waals surface area contributed by atoms with Gasteiger partial charge in [-0.3, -0.25) is 9.59 Å². The lowest BCUT2D eigenvalue weighted by atomic mass is 10.4. The van der Waals surface area contributed by atoms with Crippen molar-refractivity contribution in [3.05, 3.63) is 51.8 Å². The highest BCUT2D eigenvalue weighted by atomic mass is 32.1. The monoisotopic (exact) mass is 205 g/mol. The van der Waals surface area contributed by atoms with Crippen molar-refractivity contribution in [1.29, 1.82) is 0 Å². The molecule has 0 amide bonds. The molecule has 2 rings (SSSR count). The summed E-state index contributed by atoms with van der Waals surface area (Å²) in [5.41, 5.74) is -0.0200. The standard InChI is InChI=1S/C10H7NO2S/c12-7-9-1-2-10(14-9)11-5-3-8(13)4-6-11/h1-7H. The molecule has 70 valence electrons. The summed E-state index contributed by atoms with van der Waals surface area (Å²) in [5, 5.41) is 0.923. The number of aldehydes is 1. The Kier molecular flexibility index (Phi) is 2.28. The van der Waals surface area contributed by atoms with Crippen molar-refractivity contribution in [3.8, 4) is 5.00 Å². The molecule has 0 aliphatic heterocycles. The number of carbonyl (C=O) groups excluding carboxylic acids is 1. The molecule has 4 heteroatoms. The fourth-order valence-corrected chi connectivity index (χ4v) is 1.89. The Bertz CT molecular complexity index is 492. The van der Waals surface area contributed by atoms with Gasteiger partial charge in [0.1, 0.15) is 0 Å². The van der Waals surface area contributed by atoms with E-state index in [1.165, 1.54) is 23.5 Å². The van der Waals surface area contributed by atoms with Gasteiger partial charge in [0.2, 0.25) is 0 Å². The van der Waals surface area contributed by atoms with Crippen LogP contribution < -0.4 is 5.43 Å². The molecular weight excluding hydrogens is 198 g/mol. The summed E-state index contributed by atoms with van der Waals surface area (Å²) in [6.45, 7) is 0. The van der Waals surface area contributed by atoms with Gasteiger partial charge in [0, 0.05) is 24.5 Å². The zero-order valence-corrected chi connectivity index (χ0v) is 8.03. The minimum absolute atomic E-state index is 0.0200. The van der Waals surface area contributed by atoms with Gasteiger partial charge >= 0.3 is 0 Å². The molecule has 0 N–H and O–H groups in total. The Morgan fingerprint density at radius 3 is 2.43 bits per heavy atom. The molecule has 0 saturated carbocycles. The van der Waals surface area contributed by atoms with Crippen LogP contribution in [0.2, 0.25) is 0 Å². The Balaban J connectivity index is 2.44. The SMILES string of the molecule is O=Cc1ccc(-n2ccc(=O)cc2)s1. The van der Waals surface area contributed by atoms with Crippen LogP contribution in [-0.4, -0.2) is 10.9 Å². The van der Waals surface area contributed by atoms with E-state index in [0.29, 0.717) is 4.88 Å². The van der Waals surface area contributed by atoms with E-state index in [1.54, 1.807) is 23.0 Å². The Morgan fingerprint density at radius 1 is 1.14 bits per heavy atom. The van der Waals surface area contributed by atoms with E-state index in [1.807, 2.05) is 6.07 Å². The third-order valence-corrected chi connectivity index (χ3v) is 2.81. The summed E-state index contributed by atoms with van der Waals surface area (Å²) in [5.74, 6) is 0. The average molecular weight is 205 g/mol. The number of carbonyl (C=O) groups is 1. The van der Waals surface area contributed by atoms with E-state index in [0.717, 1.165) is 11.3 Å². The van der Waals surface area contributed by atoms with Crippen LogP contribution in [-0.2, 0) is 0 Å². The van der Waals surface area contributed by atoms with Crippen LogP contribution in [0.1, 0.15) is 9.67 Å². The van der Waals surface area contributed by atoms with Crippen molar-refractivity contribution in [1.82, 2.24) is 4.57 Å². The maximum Gasteiger partial charge on any atom is 0.181 e. The van der Waals surface area contributed by atoms with Crippen molar-refractivity contribution >= 4 is 17.6 Å². The second-order valence-electron chi connectivity index (χ2n) is 2.73. The predicted octanol–water partition coefficient (Wildman–Crippen LogP) is 1.71. The van der Waals surface area contributed by atoms with Crippen molar-refractivity contribution in [2.75, 3.05) is 0 Å². The molecule has 2 aromatic heterocycles. The molecule has 0 bridgehead atoms. The minimum atomic E-state index is -0.0200. The summed E-state index contributed by atoms with van der Waals surface area (Å²) in [6.07, 6.45) is 4.18. The first-order valence-corrected chi connectivity index (χ1v) is 4.85. The molecule has 2 heterocycles. The van der Waals surface area contributed by atoms with Gasteiger partial charge in [-0.25, -0.2) is 0 Å². The largest absolute Gasteiger partial charge is 0.315 e. The molecule has 2 aromatic rings. The molecule has 0 atom stereocenters. The molecular formula is C10H7NO2S. The molecule has 0 aliphatic rings. The summed E-state index contributed by atoms with van der Waals surface area (Å²) >= 11 is 1.38. The quantitative estimate of drug-likeness (QED) is 0.700. The van der Waals surface area contributed by atoms with Gasteiger partial charge in [-0.15, -0.1) is 11.3 Å². The van der Waals surface area contributed by atoms with Gasteiger partial charge in [0.25, 0.3) is 0 Å². The Labute approximate surface area is 84.2 Å². The average Bonchev–Trinajstić information content (AvgIpc) is 2.67. The number of rotatable bonds is 2. The number of aromatic nitrogens is 1. The van der Waals surface area contributed by atoms with Gasteiger partial charge in [-0.2, -0.15) is 0 Å². The van der Waals surface area contributed by atoms with Crippen molar-refractivity contribution in [2.45, 2.75) is 0 Å². The topological polar surface area (TPSA) is 39.1 Å². The van der Waals surface area contributed by atoms with Crippen LogP contribution in [0.3, 0.4) is 0 Å². The number of hydrogen-bond donors (Lipinski definition) is 0. The van der Waals surface area contributed by atoms with Gasteiger partial charge in [0.15, 0.2) is 11.7 Å². The Morgan fingerprint density at radius 2 is 1.86 bits per heavy atom. The zero-order chi connectivity index (χ0) is 9.97. The van der Waals surface area contributed by atoms with Gasteiger partial charge < -0.3 is 4.57 Å². The first-order valence-electron chi connectivity index (χ1n) is 4.03. The molecule has 0 aliphatic carbocycles. The molecule has 3 nitrogen and oxygen atoms in total. The predicted molar refractivity (Wildman–Crippen MR) is 55.3 cm³/mol. The molecule has 0 spiro atoms. The maximum absolute atomic E-state index is 10.8. The van der Waals surface area contributed by atoms with Crippen LogP contribution in [0, 0.1) is 0 Å². The van der Waals surface area contributed by atoms with E-state index < -0.39 is 0 Å². The van der Waals surface area contributed by atoms with Crippen LogP contribution in [0.4, 0.5) is 0 Å². The number of pyridine rings is 1. The minimum Gasteiger partial charge on any atom is -0.315 e. The molecule has 0 aromatic carbocycles. The van der Waals surface area contributed by atoms with Crippen LogP contribution >= 0.6 is 11.3 Å². The highest BCUT2D eigenvalue weighted by molar-refractivity contribution is 7.16. The van der Waals surface area contributed by atoms with E-state index >= 15 is 0 Å². The van der Waals surface area contributed by atoms with E-state index in [2.05, 4.69) is 0 Å². The van der Waals surface area contributed by atoms with Gasteiger partial charge in [0.05, 0.1) is 9.88 Å².